The second-order valence-electron chi connectivity index (χ2n) is 4.67. The second kappa shape index (κ2) is 5.16. The Kier molecular flexibility index (Phi) is 3.60. The zero-order chi connectivity index (χ0) is 10.5. The molecule has 0 heterocycles. The fraction of sp³-hybridized carbons (Fsp3) is 0.467. The highest BCUT2D eigenvalue weighted by Gasteiger charge is 2.09. The third-order valence-electron chi connectivity index (χ3n) is 3.25. The van der Waals surface area contributed by atoms with Crippen LogP contribution >= 0.6 is 0 Å². The minimum atomic E-state index is 0.833. The van der Waals surface area contributed by atoms with Crippen molar-refractivity contribution in [3.05, 3.63) is 41.5 Å². The van der Waals surface area contributed by atoms with Crippen LogP contribution in [0.1, 0.15) is 43.2 Å². The van der Waals surface area contributed by atoms with E-state index in [9.17, 15) is 0 Å². The van der Waals surface area contributed by atoms with Crippen LogP contribution in [-0.2, 0) is 0 Å². The molecule has 0 aliphatic heterocycles. The van der Waals surface area contributed by atoms with E-state index in [1.54, 1.807) is 0 Å². The van der Waals surface area contributed by atoms with Crippen molar-refractivity contribution in [2.75, 3.05) is 0 Å². The van der Waals surface area contributed by atoms with Gasteiger partial charge in [0, 0.05) is 0 Å². The van der Waals surface area contributed by atoms with Crippen molar-refractivity contribution in [3.8, 4) is 0 Å². The van der Waals surface area contributed by atoms with Crippen molar-refractivity contribution in [1.29, 1.82) is 0 Å². The third kappa shape index (κ3) is 3.23. The molecule has 1 aromatic rings. The van der Waals surface area contributed by atoms with E-state index in [4.69, 9.17) is 0 Å². The maximum atomic E-state index is 2.41. The van der Waals surface area contributed by atoms with E-state index in [1.807, 2.05) is 0 Å². The summed E-state index contributed by atoms with van der Waals surface area (Å²) in [7, 11) is 0. The lowest BCUT2D eigenvalue weighted by Crippen LogP contribution is -2.02. The summed E-state index contributed by atoms with van der Waals surface area (Å²) in [5.41, 5.74) is 2.70. The van der Waals surface area contributed by atoms with Gasteiger partial charge in [0.15, 0.2) is 0 Å². The first-order chi connectivity index (χ1) is 7.34. The van der Waals surface area contributed by atoms with Gasteiger partial charge >= 0.3 is 0 Å². The molecule has 0 unspecified atom stereocenters. The van der Waals surface area contributed by atoms with Gasteiger partial charge in [-0.15, -0.1) is 0 Å². The van der Waals surface area contributed by atoms with E-state index in [0.29, 0.717) is 0 Å². The van der Waals surface area contributed by atoms with Gasteiger partial charge in [0.05, 0.1) is 0 Å². The number of benzene rings is 1. The minimum absolute atomic E-state index is 0.833. The van der Waals surface area contributed by atoms with E-state index in [2.05, 4.69) is 43.3 Å². The molecule has 0 atom stereocenters. The first-order valence-corrected chi connectivity index (χ1v) is 6.09. The van der Waals surface area contributed by atoms with Crippen molar-refractivity contribution in [1.82, 2.24) is 0 Å². The number of allylic oxidation sites excluding steroid dienone is 1. The van der Waals surface area contributed by atoms with Gasteiger partial charge in [0.1, 0.15) is 0 Å². The van der Waals surface area contributed by atoms with Gasteiger partial charge in [0.25, 0.3) is 0 Å². The molecule has 1 saturated carbocycles. The molecule has 1 aliphatic rings. The van der Waals surface area contributed by atoms with Gasteiger partial charge in [0.2, 0.25) is 0 Å². The first-order valence-electron chi connectivity index (χ1n) is 6.09. The summed E-state index contributed by atoms with van der Waals surface area (Å²) in [6.07, 6.45) is 11.8. The fourth-order valence-electron chi connectivity index (χ4n) is 2.35. The molecule has 80 valence electrons. The Morgan fingerprint density at radius 2 is 1.93 bits per heavy atom. The Morgan fingerprint density at radius 1 is 1.13 bits per heavy atom. The van der Waals surface area contributed by atoms with Crippen LogP contribution < -0.4 is 0 Å². The molecular formula is C15H20. The Bertz CT molecular complexity index is 330. The number of hydrogen-bond acceptors (Lipinski definition) is 0. The Balaban J connectivity index is 1.97. The summed E-state index contributed by atoms with van der Waals surface area (Å²) in [6, 6.07) is 8.72. The van der Waals surface area contributed by atoms with Crippen LogP contribution in [0.4, 0.5) is 0 Å². The van der Waals surface area contributed by atoms with Crippen LogP contribution in [0.3, 0.4) is 0 Å². The zero-order valence-corrected chi connectivity index (χ0v) is 9.58. The van der Waals surface area contributed by atoms with Crippen LogP contribution in [-0.4, -0.2) is 0 Å². The van der Waals surface area contributed by atoms with Crippen molar-refractivity contribution in [2.24, 2.45) is 5.92 Å². The summed E-state index contributed by atoms with van der Waals surface area (Å²) in [6.45, 7) is 2.15. The summed E-state index contributed by atoms with van der Waals surface area (Å²) in [5, 5.41) is 0. The smallest absolute Gasteiger partial charge is 0.0230 e. The molecule has 0 spiro atoms. The highest BCUT2D eigenvalue weighted by Crippen LogP contribution is 2.25. The van der Waals surface area contributed by atoms with E-state index in [0.717, 1.165) is 5.92 Å². The molecule has 1 fully saturated rings. The molecule has 1 aromatic carbocycles. The van der Waals surface area contributed by atoms with E-state index in [-0.39, 0.29) is 0 Å². The molecular weight excluding hydrogens is 180 g/mol. The summed E-state index contributed by atoms with van der Waals surface area (Å²) in [5.74, 6) is 0.833. The van der Waals surface area contributed by atoms with E-state index >= 15 is 0 Å². The van der Waals surface area contributed by atoms with Crippen LogP contribution in [0, 0.1) is 12.8 Å². The summed E-state index contributed by atoms with van der Waals surface area (Å²) < 4.78 is 0. The molecule has 0 radical (unpaired) electrons. The van der Waals surface area contributed by atoms with Gasteiger partial charge in [-0.05, 0) is 31.2 Å². The maximum absolute atomic E-state index is 2.41. The molecule has 1 aliphatic carbocycles. The lowest BCUT2D eigenvalue weighted by molar-refractivity contribution is 0.420. The molecule has 0 aromatic heterocycles. The van der Waals surface area contributed by atoms with Gasteiger partial charge in [-0.3, -0.25) is 0 Å². The largest absolute Gasteiger partial charge is 0.0808 e. The highest BCUT2D eigenvalue weighted by atomic mass is 14.1. The maximum Gasteiger partial charge on any atom is -0.0230 e. The van der Waals surface area contributed by atoms with Crippen molar-refractivity contribution < 1.29 is 0 Å². The van der Waals surface area contributed by atoms with Gasteiger partial charge in [-0.25, -0.2) is 0 Å². The predicted octanol–water partition coefficient (Wildman–Crippen LogP) is 4.59. The molecule has 2 rings (SSSR count). The van der Waals surface area contributed by atoms with E-state index < -0.39 is 0 Å². The average molecular weight is 200 g/mol. The minimum Gasteiger partial charge on any atom is -0.0808 e. The fourth-order valence-corrected chi connectivity index (χ4v) is 2.35. The summed E-state index contributed by atoms with van der Waals surface area (Å²) >= 11 is 0. The third-order valence-corrected chi connectivity index (χ3v) is 3.25. The predicted molar refractivity (Wildman–Crippen MR) is 66.8 cm³/mol. The molecule has 0 amide bonds. The quantitative estimate of drug-likeness (QED) is 0.655. The monoisotopic (exact) mass is 200 g/mol. The van der Waals surface area contributed by atoms with Gasteiger partial charge in [-0.2, -0.15) is 0 Å². The molecule has 0 heteroatoms. The molecule has 0 nitrogen and oxygen atoms in total. The number of rotatable bonds is 2. The topological polar surface area (TPSA) is 0 Å². The van der Waals surface area contributed by atoms with Gasteiger partial charge < -0.3 is 0 Å². The lowest BCUT2D eigenvalue weighted by Gasteiger charge is -2.17. The normalized spacial score (nSPS) is 18.5. The molecule has 15 heavy (non-hydrogen) atoms. The Hall–Kier alpha value is -1.04. The van der Waals surface area contributed by atoms with Crippen LogP contribution in [0.5, 0.6) is 0 Å². The molecule has 0 saturated heterocycles. The first kappa shape index (κ1) is 10.5. The Morgan fingerprint density at radius 3 is 2.67 bits per heavy atom. The van der Waals surface area contributed by atoms with Crippen LogP contribution in [0.2, 0.25) is 0 Å². The van der Waals surface area contributed by atoms with Crippen molar-refractivity contribution in [2.45, 2.75) is 39.0 Å². The summed E-state index contributed by atoms with van der Waals surface area (Å²) in [4.78, 5) is 0. The average Bonchev–Trinajstić information content (AvgIpc) is 2.28. The van der Waals surface area contributed by atoms with Crippen molar-refractivity contribution in [3.63, 3.8) is 0 Å². The SMILES string of the molecule is Cc1cccc(/C=C/C2CCCCC2)c1. The Labute approximate surface area is 93.0 Å². The van der Waals surface area contributed by atoms with Crippen LogP contribution in [0.15, 0.2) is 30.3 Å². The highest BCUT2D eigenvalue weighted by molar-refractivity contribution is 5.50. The lowest BCUT2D eigenvalue weighted by atomic mass is 9.89. The number of aryl methyl sites for hydroxylation is 1. The molecule has 0 bridgehead atoms. The van der Waals surface area contributed by atoms with Crippen LogP contribution in [0.25, 0.3) is 6.08 Å². The van der Waals surface area contributed by atoms with Crippen molar-refractivity contribution >= 4 is 6.08 Å². The zero-order valence-electron chi connectivity index (χ0n) is 9.58. The number of hydrogen-bond donors (Lipinski definition) is 0. The molecule has 0 N–H and O–H groups in total. The van der Waals surface area contributed by atoms with E-state index in [1.165, 1.54) is 43.2 Å². The standard InChI is InChI=1S/C15H20/c1-13-6-5-9-15(12-13)11-10-14-7-3-2-4-8-14/h5-6,9-12,14H,2-4,7-8H2,1H3/b11-10+. The second-order valence-corrected chi connectivity index (χ2v) is 4.67. The van der Waals surface area contributed by atoms with Gasteiger partial charge in [-0.1, -0.05) is 61.2 Å².